The average Bonchev–Trinajstić information content (AvgIpc) is 3.07. The van der Waals surface area contributed by atoms with Gasteiger partial charge in [-0.05, 0) is 25.0 Å². The van der Waals surface area contributed by atoms with Gasteiger partial charge in [-0.15, -0.1) is 0 Å². The van der Waals surface area contributed by atoms with Gasteiger partial charge < -0.3 is 15.0 Å². The van der Waals surface area contributed by atoms with Crippen molar-refractivity contribution in [2.45, 2.75) is 18.9 Å². The molecular weight excluding hydrogens is 256 g/mol. The number of ether oxygens (including phenoxy) is 1. The van der Waals surface area contributed by atoms with E-state index in [0.717, 1.165) is 36.0 Å². The number of nitrogens with one attached hydrogen (secondary N) is 2. The van der Waals surface area contributed by atoms with Gasteiger partial charge in [0.2, 0.25) is 0 Å². The minimum atomic E-state index is -0.0711. The van der Waals surface area contributed by atoms with E-state index in [9.17, 15) is 4.79 Å². The molecule has 1 aliphatic heterocycles. The van der Waals surface area contributed by atoms with E-state index in [-0.39, 0.29) is 12.1 Å². The van der Waals surface area contributed by atoms with Gasteiger partial charge in [0.25, 0.3) is 0 Å². The smallest absolute Gasteiger partial charge is 0.322 e. The van der Waals surface area contributed by atoms with Crippen LogP contribution < -0.4 is 5.32 Å². The number of aromatic nitrogens is 2. The van der Waals surface area contributed by atoms with Gasteiger partial charge in [0.1, 0.15) is 0 Å². The Bertz CT molecular complexity index is 610. The van der Waals surface area contributed by atoms with Crippen LogP contribution in [-0.4, -0.2) is 47.4 Å². The van der Waals surface area contributed by atoms with Crippen molar-refractivity contribution in [1.29, 1.82) is 0 Å². The van der Waals surface area contributed by atoms with Gasteiger partial charge in [-0.25, -0.2) is 4.79 Å². The molecule has 2 amide bonds. The summed E-state index contributed by atoms with van der Waals surface area (Å²) < 4.78 is 5.18. The summed E-state index contributed by atoms with van der Waals surface area (Å²) in [7, 11) is 1.67. The second kappa shape index (κ2) is 5.50. The van der Waals surface area contributed by atoms with Gasteiger partial charge >= 0.3 is 6.03 Å². The van der Waals surface area contributed by atoms with E-state index in [1.807, 2.05) is 23.1 Å². The van der Waals surface area contributed by atoms with Gasteiger partial charge in [0.05, 0.1) is 30.0 Å². The Morgan fingerprint density at radius 3 is 3.35 bits per heavy atom. The number of methoxy groups -OCH3 is 1. The third kappa shape index (κ3) is 2.34. The number of hydrogen-bond acceptors (Lipinski definition) is 3. The number of rotatable bonds is 3. The first-order valence-corrected chi connectivity index (χ1v) is 6.78. The highest BCUT2D eigenvalue weighted by Crippen LogP contribution is 2.23. The number of fused-ring (bicyclic) bond motifs is 1. The summed E-state index contributed by atoms with van der Waals surface area (Å²) in [5.41, 5.74) is 1.70. The second-order valence-electron chi connectivity index (χ2n) is 5.01. The summed E-state index contributed by atoms with van der Waals surface area (Å²) in [6, 6.07) is 5.81. The van der Waals surface area contributed by atoms with Gasteiger partial charge in [-0.3, -0.25) is 5.10 Å². The second-order valence-corrected chi connectivity index (χ2v) is 5.01. The van der Waals surface area contributed by atoms with Gasteiger partial charge in [0, 0.05) is 19.0 Å². The molecule has 106 valence electrons. The van der Waals surface area contributed by atoms with Gasteiger partial charge in [0.15, 0.2) is 0 Å². The maximum absolute atomic E-state index is 12.4. The molecule has 0 radical (unpaired) electrons. The van der Waals surface area contributed by atoms with Crippen molar-refractivity contribution >= 4 is 22.6 Å². The van der Waals surface area contributed by atoms with Crippen molar-refractivity contribution in [2.24, 2.45) is 0 Å². The van der Waals surface area contributed by atoms with E-state index in [1.54, 1.807) is 13.3 Å². The van der Waals surface area contributed by atoms with Crippen molar-refractivity contribution in [3.05, 3.63) is 24.4 Å². The van der Waals surface area contributed by atoms with Crippen molar-refractivity contribution in [1.82, 2.24) is 15.1 Å². The molecule has 2 heterocycles. The number of anilines is 1. The SMILES string of the molecule is COC[C@@H]1CCCN1C(=O)Nc1cccc2[nH]ncc12. The molecule has 1 aliphatic rings. The molecule has 1 atom stereocenters. The molecule has 2 aromatic rings. The molecule has 20 heavy (non-hydrogen) atoms. The van der Waals surface area contributed by atoms with E-state index in [2.05, 4.69) is 15.5 Å². The molecule has 6 heteroatoms. The number of urea groups is 1. The fourth-order valence-electron chi connectivity index (χ4n) is 2.73. The Balaban J connectivity index is 1.77. The zero-order valence-electron chi connectivity index (χ0n) is 11.4. The van der Waals surface area contributed by atoms with E-state index in [4.69, 9.17) is 4.74 Å². The van der Waals surface area contributed by atoms with Crippen molar-refractivity contribution in [2.75, 3.05) is 25.6 Å². The monoisotopic (exact) mass is 274 g/mol. The highest BCUT2D eigenvalue weighted by atomic mass is 16.5. The number of hydrogen-bond donors (Lipinski definition) is 2. The van der Waals surface area contributed by atoms with Crippen molar-refractivity contribution < 1.29 is 9.53 Å². The van der Waals surface area contributed by atoms with Crippen LogP contribution >= 0.6 is 0 Å². The lowest BCUT2D eigenvalue weighted by molar-refractivity contribution is 0.128. The van der Waals surface area contributed by atoms with E-state index in [0.29, 0.717) is 6.61 Å². The summed E-state index contributed by atoms with van der Waals surface area (Å²) in [5.74, 6) is 0. The molecule has 1 fully saturated rings. The first kappa shape index (κ1) is 12.9. The molecule has 0 spiro atoms. The first-order chi connectivity index (χ1) is 9.79. The number of amides is 2. The normalized spacial score (nSPS) is 18.6. The zero-order chi connectivity index (χ0) is 13.9. The maximum Gasteiger partial charge on any atom is 0.322 e. The molecule has 3 rings (SSSR count). The fraction of sp³-hybridized carbons (Fsp3) is 0.429. The lowest BCUT2D eigenvalue weighted by Crippen LogP contribution is -2.40. The predicted octanol–water partition coefficient (Wildman–Crippen LogP) is 2.21. The molecular formula is C14H18N4O2. The summed E-state index contributed by atoms with van der Waals surface area (Å²) in [4.78, 5) is 14.2. The Labute approximate surface area is 117 Å². The Morgan fingerprint density at radius 2 is 2.50 bits per heavy atom. The van der Waals surface area contributed by atoms with Gasteiger partial charge in [-0.2, -0.15) is 5.10 Å². The van der Waals surface area contributed by atoms with Crippen LogP contribution in [0.15, 0.2) is 24.4 Å². The fourth-order valence-corrected chi connectivity index (χ4v) is 2.73. The molecule has 1 aromatic heterocycles. The number of H-pyrrole nitrogens is 1. The van der Waals surface area contributed by atoms with Crippen LogP contribution in [0.3, 0.4) is 0 Å². The third-order valence-electron chi connectivity index (χ3n) is 3.72. The number of aromatic amines is 1. The Hall–Kier alpha value is -2.08. The standard InChI is InChI=1S/C14H18N4O2/c1-20-9-10-4-3-7-18(10)14(19)16-12-5-2-6-13-11(12)8-15-17-13/h2,5-6,8,10H,3-4,7,9H2,1H3,(H,15,17)(H,16,19)/t10-/m0/s1. The molecule has 2 N–H and O–H groups in total. The number of nitrogens with zero attached hydrogens (tertiary/aromatic N) is 2. The zero-order valence-corrected chi connectivity index (χ0v) is 11.4. The van der Waals surface area contributed by atoms with Gasteiger partial charge in [-0.1, -0.05) is 6.07 Å². The summed E-state index contributed by atoms with van der Waals surface area (Å²) >= 11 is 0. The minimum absolute atomic E-state index is 0.0711. The molecule has 1 aromatic carbocycles. The molecule has 0 saturated carbocycles. The number of likely N-dealkylation sites (tertiary alicyclic amines) is 1. The molecule has 1 saturated heterocycles. The Morgan fingerprint density at radius 1 is 1.60 bits per heavy atom. The van der Waals surface area contributed by atoms with Crippen molar-refractivity contribution in [3.8, 4) is 0 Å². The molecule has 6 nitrogen and oxygen atoms in total. The van der Waals surface area contributed by atoms with Crippen LogP contribution in [0.5, 0.6) is 0 Å². The lowest BCUT2D eigenvalue weighted by atomic mass is 10.2. The van der Waals surface area contributed by atoms with Crippen LogP contribution in [0.2, 0.25) is 0 Å². The summed E-state index contributed by atoms with van der Waals surface area (Å²) in [6.45, 7) is 1.37. The number of carbonyl (C=O) groups is 1. The maximum atomic E-state index is 12.4. The highest BCUT2D eigenvalue weighted by Gasteiger charge is 2.28. The molecule has 0 unspecified atom stereocenters. The van der Waals surface area contributed by atoms with E-state index in [1.165, 1.54) is 0 Å². The quantitative estimate of drug-likeness (QED) is 0.901. The summed E-state index contributed by atoms with van der Waals surface area (Å²) in [6.07, 6.45) is 3.75. The lowest BCUT2D eigenvalue weighted by Gasteiger charge is -2.24. The minimum Gasteiger partial charge on any atom is -0.383 e. The van der Waals surface area contributed by atoms with Crippen LogP contribution in [-0.2, 0) is 4.74 Å². The molecule has 0 bridgehead atoms. The summed E-state index contributed by atoms with van der Waals surface area (Å²) in [5, 5.41) is 10.8. The van der Waals surface area contributed by atoms with E-state index < -0.39 is 0 Å². The third-order valence-corrected chi connectivity index (χ3v) is 3.72. The highest BCUT2D eigenvalue weighted by molar-refractivity contribution is 6.00. The van der Waals surface area contributed by atoms with E-state index >= 15 is 0 Å². The first-order valence-electron chi connectivity index (χ1n) is 6.78. The molecule has 0 aliphatic carbocycles. The largest absolute Gasteiger partial charge is 0.383 e. The van der Waals surface area contributed by atoms with Crippen LogP contribution in [0, 0.1) is 0 Å². The van der Waals surface area contributed by atoms with Crippen LogP contribution in [0.1, 0.15) is 12.8 Å². The topological polar surface area (TPSA) is 70.2 Å². The Kier molecular flexibility index (Phi) is 3.56. The van der Waals surface area contributed by atoms with Crippen LogP contribution in [0.25, 0.3) is 10.9 Å². The average molecular weight is 274 g/mol. The van der Waals surface area contributed by atoms with Crippen LogP contribution in [0.4, 0.5) is 10.5 Å². The predicted molar refractivity (Wildman–Crippen MR) is 76.7 cm³/mol. The van der Waals surface area contributed by atoms with Crippen molar-refractivity contribution in [3.63, 3.8) is 0 Å². The number of carbonyl (C=O) groups excluding carboxylic acids is 1. The number of benzene rings is 1.